The summed E-state index contributed by atoms with van der Waals surface area (Å²) in [4.78, 5) is 0. The molecule has 0 radical (unpaired) electrons. The van der Waals surface area contributed by atoms with Crippen LogP contribution in [-0.4, -0.2) is 12.9 Å². The molecule has 0 aromatic rings. The van der Waals surface area contributed by atoms with E-state index in [-0.39, 0.29) is 0 Å². The van der Waals surface area contributed by atoms with E-state index in [4.69, 9.17) is 0 Å². The zero-order valence-electron chi connectivity index (χ0n) is 3.72. The molecule has 0 fully saturated rings. The molecule has 0 saturated heterocycles. The molecule has 1 rings (SSSR count). The SMILES string of the molecule is B1=CC=CCC1. The third-order valence-electron chi connectivity index (χ3n) is 0.883. The Morgan fingerprint density at radius 3 is 2.67 bits per heavy atom. The second-order valence-electron chi connectivity index (χ2n) is 1.43. The Kier molecular flexibility index (Phi) is 1.26. The standard InChI is InChI=1S/C5H7B/c1-2-4-6-5-3-1/h1-2,4H,3,5H2. The monoisotopic (exact) mass is 78.1 g/mol. The van der Waals surface area contributed by atoms with Crippen LogP contribution >= 0.6 is 0 Å². The summed E-state index contributed by atoms with van der Waals surface area (Å²) in [7, 11) is 0. The summed E-state index contributed by atoms with van der Waals surface area (Å²) in [6, 6.07) is 0. The average Bonchev–Trinajstić information content (AvgIpc) is 1.72. The normalized spacial score (nSPS) is 17.3. The van der Waals surface area contributed by atoms with Gasteiger partial charge in [0.25, 0.3) is 0 Å². The summed E-state index contributed by atoms with van der Waals surface area (Å²) in [6.07, 6.45) is 6.73. The Bertz CT molecular complexity index is 69.9. The first kappa shape index (κ1) is 3.85. The topological polar surface area (TPSA) is 0 Å². The van der Waals surface area contributed by atoms with Crippen molar-refractivity contribution < 1.29 is 0 Å². The van der Waals surface area contributed by atoms with Crippen molar-refractivity contribution in [2.45, 2.75) is 12.7 Å². The van der Waals surface area contributed by atoms with Crippen molar-refractivity contribution in [2.24, 2.45) is 0 Å². The molecule has 0 bridgehead atoms. The van der Waals surface area contributed by atoms with E-state index in [1.165, 1.54) is 12.7 Å². The van der Waals surface area contributed by atoms with Crippen LogP contribution in [-0.2, 0) is 0 Å². The Morgan fingerprint density at radius 1 is 1.50 bits per heavy atom. The molecular formula is C5H7B. The average molecular weight is 77.9 g/mol. The molecule has 0 unspecified atom stereocenters. The number of allylic oxidation sites excluding steroid dienone is 2. The Hall–Kier alpha value is -0.325. The number of rotatable bonds is 0. The van der Waals surface area contributed by atoms with Crippen LogP contribution < -0.4 is 0 Å². The van der Waals surface area contributed by atoms with Crippen molar-refractivity contribution in [1.82, 2.24) is 0 Å². The summed E-state index contributed by atoms with van der Waals surface area (Å²) in [5, 5.41) is 0. The van der Waals surface area contributed by atoms with E-state index in [1.807, 2.05) is 0 Å². The molecule has 0 aromatic heterocycles. The van der Waals surface area contributed by atoms with E-state index in [0.717, 1.165) is 0 Å². The van der Waals surface area contributed by atoms with Crippen LogP contribution in [0.15, 0.2) is 12.2 Å². The molecule has 0 nitrogen and oxygen atoms in total. The molecule has 1 heterocycles. The number of hydrogen-bond donors (Lipinski definition) is 0. The van der Waals surface area contributed by atoms with Crippen molar-refractivity contribution in [1.29, 1.82) is 0 Å². The Labute approximate surface area is 38.8 Å². The summed E-state index contributed by atoms with van der Waals surface area (Å²) in [6.45, 7) is 2.18. The quantitative estimate of drug-likeness (QED) is 0.377. The van der Waals surface area contributed by atoms with Gasteiger partial charge in [-0.05, 0) is 0 Å². The van der Waals surface area contributed by atoms with Crippen molar-refractivity contribution in [3.8, 4) is 0 Å². The van der Waals surface area contributed by atoms with Crippen molar-refractivity contribution in [2.75, 3.05) is 0 Å². The molecule has 6 heavy (non-hydrogen) atoms. The molecule has 0 N–H and O–H groups in total. The first-order valence-electron chi connectivity index (χ1n) is 2.32. The molecule has 0 spiro atoms. The van der Waals surface area contributed by atoms with Crippen molar-refractivity contribution in [3.05, 3.63) is 12.2 Å². The summed E-state index contributed by atoms with van der Waals surface area (Å²) in [5.74, 6) is 2.09. The summed E-state index contributed by atoms with van der Waals surface area (Å²) in [5.41, 5.74) is 0. The van der Waals surface area contributed by atoms with Crippen LogP contribution in [0.3, 0.4) is 0 Å². The molecule has 0 atom stereocenters. The number of hydrogen-bond acceptors (Lipinski definition) is 0. The predicted molar refractivity (Wildman–Crippen MR) is 30.4 cm³/mol. The fourth-order valence-corrected chi connectivity index (χ4v) is 0.542. The van der Waals surface area contributed by atoms with Gasteiger partial charge in [-0.15, -0.1) is 0 Å². The maximum atomic E-state index is 2.18. The van der Waals surface area contributed by atoms with Gasteiger partial charge in [-0.3, -0.25) is 0 Å². The molecule has 0 aromatic carbocycles. The summed E-state index contributed by atoms with van der Waals surface area (Å²) < 4.78 is 0. The second-order valence-corrected chi connectivity index (χ2v) is 1.43. The maximum absolute atomic E-state index is 2.18. The van der Waals surface area contributed by atoms with Crippen LogP contribution in [0.25, 0.3) is 0 Å². The van der Waals surface area contributed by atoms with Gasteiger partial charge < -0.3 is 0 Å². The van der Waals surface area contributed by atoms with Gasteiger partial charge in [-0.1, -0.05) is 0 Å². The van der Waals surface area contributed by atoms with Crippen LogP contribution in [0.2, 0.25) is 6.32 Å². The van der Waals surface area contributed by atoms with Gasteiger partial charge >= 0.3 is 37.8 Å². The van der Waals surface area contributed by atoms with Gasteiger partial charge in [0.15, 0.2) is 0 Å². The molecule has 30 valence electrons. The second kappa shape index (κ2) is 1.96. The summed E-state index contributed by atoms with van der Waals surface area (Å²) >= 11 is 0. The third-order valence-corrected chi connectivity index (χ3v) is 0.883. The predicted octanol–water partition coefficient (Wildman–Crippen LogP) is 0.871. The minimum atomic E-state index is 1.23. The van der Waals surface area contributed by atoms with E-state index in [1.54, 1.807) is 0 Å². The van der Waals surface area contributed by atoms with E-state index in [2.05, 4.69) is 25.0 Å². The van der Waals surface area contributed by atoms with Gasteiger partial charge in [-0.2, -0.15) is 0 Å². The van der Waals surface area contributed by atoms with Crippen molar-refractivity contribution >= 4 is 12.9 Å². The fourth-order valence-electron chi connectivity index (χ4n) is 0.542. The molecule has 0 aliphatic carbocycles. The third kappa shape index (κ3) is 0.816. The molecule has 1 aliphatic rings. The van der Waals surface area contributed by atoms with Crippen LogP contribution in [0.4, 0.5) is 0 Å². The van der Waals surface area contributed by atoms with Gasteiger partial charge in [0.05, 0.1) is 0 Å². The molecular weight excluding hydrogens is 70.9 g/mol. The fraction of sp³-hybridized carbons (Fsp3) is 0.400. The van der Waals surface area contributed by atoms with Crippen LogP contribution in [0.1, 0.15) is 6.42 Å². The minimum absolute atomic E-state index is 1.23. The van der Waals surface area contributed by atoms with Crippen LogP contribution in [0, 0.1) is 0 Å². The van der Waals surface area contributed by atoms with Gasteiger partial charge in [0, 0.05) is 0 Å². The molecule has 1 aliphatic heterocycles. The Morgan fingerprint density at radius 2 is 2.50 bits per heavy atom. The van der Waals surface area contributed by atoms with Crippen LogP contribution in [0.5, 0.6) is 0 Å². The van der Waals surface area contributed by atoms with Crippen molar-refractivity contribution in [3.63, 3.8) is 0 Å². The van der Waals surface area contributed by atoms with Gasteiger partial charge in [-0.25, -0.2) is 0 Å². The zero-order chi connectivity index (χ0) is 4.24. The molecule has 0 saturated carbocycles. The van der Waals surface area contributed by atoms with E-state index in [0.29, 0.717) is 0 Å². The van der Waals surface area contributed by atoms with Gasteiger partial charge in [0.2, 0.25) is 0 Å². The van der Waals surface area contributed by atoms with E-state index >= 15 is 0 Å². The van der Waals surface area contributed by atoms with E-state index < -0.39 is 0 Å². The van der Waals surface area contributed by atoms with E-state index in [9.17, 15) is 0 Å². The Balaban J connectivity index is 2.46. The molecule has 0 amide bonds. The first-order chi connectivity index (χ1) is 3.00. The first-order valence-corrected chi connectivity index (χ1v) is 2.32. The molecule has 1 heteroatoms. The zero-order valence-corrected chi connectivity index (χ0v) is 3.72. The van der Waals surface area contributed by atoms with Gasteiger partial charge in [0.1, 0.15) is 0 Å².